The van der Waals surface area contributed by atoms with E-state index in [1.165, 1.54) is 5.69 Å². The summed E-state index contributed by atoms with van der Waals surface area (Å²) >= 11 is 0. The van der Waals surface area contributed by atoms with Crippen molar-refractivity contribution in [3.8, 4) is 22.6 Å². The van der Waals surface area contributed by atoms with Gasteiger partial charge in [0.2, 0.25) is 5.91 Å². The second kappa shape index (κ2) is 18.4. The fourth-order valence-corrected chi connectivity index (χ4v) is 9.03. The SMILES string of the molecule is COCc1cc(-c2ncnc3[nH]c(-c4ccc(N5CCN(CC6CCN(c7ccc(N8CCC(=O)NC8=O)cc7)CC6)CC5)cn4)cc23)ccc1C(C)NC(=O)c1nc(C(C)(C)C)no1. The number of piperidine rings is 1. The first kappa shape index (κ1) is 43.5. The third-order valence-electron chi connectivity index (χ3n) is 12.7. The summed E-state index contributed by atoms with van der Waals surface area (Å²) in [5.41, 5.74) is 8.61. The number of carbonyl (C=O) groups is 3. The number of H-pyrrole nitrogens is 1. The van der Waals surface area contributed by atoms with Gasteiger partial charge in [0, 0.05) is 93.6 Å². The maximum absolute atomic E-state index is 13.1. The molecule has 0 aliphatic carbocycles. The van der Waals surface area contributed by atoms with Crippen LogP contribution >= 0.6 is 0 Å². The number of rotatable bonds is 12. The summed E-state index contributed by atoms with van der Waals surface area (Å²) in [4.78, 5) is 67.9. The van der Waals surface area contributed by atoms with E-state index in [2.05, 4.69) is 75.8 Å². The number of urea groups is 1. The number of hydrogen-bond donors (Lipinski definition) is 3. The number of pyridine rings is 1. The van der Waals surface area contributed by atoms with E-state index in [-0.39, 0.29) is 29.3 Å². The predicted molar refractivity (Wildman–Crippen MR) is 248 cm³/mol. The van der Waals surface area contributed by atoms with Crippen LogP contribution in [0.3, 0.4) is 0 Å². The third-order valence-corrected chi connectivity index (χ3v) is 12.7. The van der Waals surface area contributed by atoms with Crippen molar-refractivity contribution in [3.63, 3.8) is 0 Å². The summed E-state index contributed by atoms with van der Waals surface area (Å²) in [7, 11) is 1.65. The van der Waals surface area contributed by atoms with Gasteiger partial charge in [-0.3, -0.25) is 29.7 Å². The smallest absolute Gasteiger partial charge is 0.328 e. The summed E-state index contributed by atoms with van der Waals surface area (Å²) in [6, 6.07) is 19.7. The number of imide groups is 1. The van der Waals surface area contributed by atoms with Gasteiger partial charge in [0.1, 0.15) is 12.0 Å². The van der Waals surface area contributed by atoms with Gasteiger partial charge in [-0.05, 0) is 85.3 Å². The Morgan fingerprint density at radius 3 is 2.32 bits per heavy atom. The molecule has 3 saturated heterocycles. The summed E-state index contributed by atoms with van der Waals surface area (Å²) < 4.78 is 10.9. The Bertz CT molecular complexity index is 2660. The van der Waals surface area contributed by atoms with E-state index in [9.17, 15) is 14.4 Å². The van der Waals surface area contributed by atoms with E-state index in [4.69, 9.17) is 19.2 Å². The fraction of sp³-hybridized carbons (Fsp3) is 0.417. The van der Waals surface area contributed by atoms with Crippen molar-refractivity contribution in [1.82, 2.24) is 45.6 Å². The lowest BCUT2D eigenvalue weighted by Gasteiger charge is -2.40. The minimum atomic E-state index is -0.441. The first-order valence-corrected chi connectivity index (χ1v) is 22.4. The second-order valence-corrected chi connectivity index (χ2v) is 18.3. The number of aromatic nitrogens is 6. The molecule has 3 aliphatic rings. The number of nitrogens with zero attached hydrogens (tertiary/aromatic N) is 9. The molecule has 6 aromatic rings. The Morgan fingerprint density at radius 1 is 0.892 bits per heavy atom. The van der Waals surface area contributed by atoms with Crippen LogP contribution in [0.25, 0.3) is 33.7 Å². The molecule has 17 nitrogen and oxygen atoms in total. The maximum atomic E-state index is 13.1. The first-order chi connectivity index (χ1) is 31.4. The molecule has 4 amide bonds. The zero-order chi connectivity index (χ0) is 45.2. The number of hydrogen-bond acceptors (Lipinski definition) is 13. The number of ether oxygens (including phenoxy) is 1. The third kappa shape index (κ3) is 9.56. The summed E-state index contributed by atoms with van der Waals surface area (Å²) in [6.45, 7) is 15.6. The first-order valence-electron chi connectivity index (χ1n) is 22.4. The summed E-state index contributed by atoms with van der Waals surface area (Å²) in [5, 5.41) is 10.2. The molecule has 0 bridgehead atoms. The van der Waals surface area contributed by atoms with E-state index in [0.29, 0.717) is 37.0 Å². The van der Waals surface area contributed by atoms with Gasteiger partial charge in [0.15, 0.2) is 5.82 Å². The van der Waals surface area contributed by atoms with Gasteiger partial charge in [0.05, 0.1) is 41.6 Å². The Morgan fingerprint density at radius 2 is 1.63 bits per heavy atom. The van der Waals surface area contributed by atoms with Crippen molar-refractivity contribution in [2.45, 2.75) is 65.0 Å². The largest absolute Gasteiger partial charge is 0.380 e. The minimum Gasteiger partial charge on any atom is -0.380 e. The van der Waals surface area contributed by atoms with Gasteiger partial charge in [0.25, 0.3) is 0 Å². The molecule has 2 aromatic carbocycles. The monoisotopic (exact) mass is 880 g/mol. The Labute approximate surface area is 378 Å². The van der Waals surface area contributed by atoms with E-state index < -0.39 is 5.91 Å². The van der Waals surface area contributed by atoms with E-state index >= 15 is 0 Å². The molecule has 338 valence electrons. The van der Waals surface area contributed by atoms with Gasteiger partial charge < -0.3 is 29.4 Å². The predicted octanol–water partition coefficient (Wildman–Crippen LogP) is 6.49. The highest BCUT2D eigenvalue weighted by Crippen LogP contribution is 2.33. The summed E-state index contributed by atoms with van der Waals surface area (Å²) in [6.07, 6.45) is 6.14. The highest BCUT2D eigenvalue weighted by molar-refractivity contribution is 6.05. The normalized spacial score (nSPS) is 17.2. The molecule has 0 spiro atoms. The number of benzene rings is 2. The molecule has 0 saturated carbocycles. The molecule has 9 rings (SSSR count). The highest BCUT2D eigenvalue weighted by atomic mass is 16.5. The molecule has 3 fully saturated rings. The molecule has 3 N–H and O–H groups in total. The van der Waals surface area contributed by atoms with E-state index in [0.717, 1.165) is 109 Å². The zero-order valence-electron chi connectivity index (χ0n) is 37.6. The van der Waals surface area contributed by atoms with Crippen LogP contribution in [-0.2, 0) is 21.6 Å². The topological polar surface area (TPSA) is 191 Å². The Kier molecular flexibility index (Phi) is 12.3. The molecule has 65 heavy (non-hydrogen) atoms. The van der Waals surface area contributed by atoms with Crippen molar-refractivity contribution in [2.24, 2.45) is 5.92 Å². The van der Waals surface area contributed by atoms with Crippen molar-refractivity contribution < 1.29 is 23.6 Å². The molecule has 4 aromatic heterocycles. The zero-order valence-corrected chi connectivity index (χ0v) is 37.6. The maximum Gasteiger partial charge on any atom is 0.328 e. The number of anilines is 3. The number of amides is 4. The van der Waals surface area contributed by atoms with Gasteiger partial charge in [-0.15, -0.1) is 0 Å². The molecule has 3 aliphatic heterocycles. The standard InChI is InChI=1S/C48H56N12O5/c1-30(52-44(62)45-55-46(56-65-45)48(2,3)4)37-12-6-32(24-33(37)28-64-5)42-38-25-40(53-43(38)51-29-50-42)39-13-11-36(26-49-39)59-22-20-57(21-23-59)27-31-14-17-58(18-15-31)34-7-9-35(10-8-34)60-19-16-41(61)54-47(60)63/h6-13,24-26,29-31H,14-23,27-28H2,1-5H3,(H,52,62)(H,50,51,53)(H,54,61,63). The van der Waals surface area contributed by atoms with Crippen molar-refractivity contribution in [1.29, 1.82) is 0 Å². The molecule has 17 heteroatoms. The van der Waals surface area contributed by atoms with Crippen molar-refractivity contribution >= 4 is 45.9 Å². The lowest BCUT2D eigenvalue weighted by molar-refractivity contribution is -0.120. The Balaban J connectivity index is 0.785. The van der Waals surface area contributed by atoms with Gasteiger partial charge in [-0.25, -0.2) is 14.8 Å². The number of fused-ring (bicyclic) bond motifs is 1. The molecule has 1 atom stereocenters. The van der Waals surface area contributed by atoms with Crippen LogP contribution in [0.5, 0.6) is 0 Å². The number of nitrogens with one attached hydrogen (secondary N) is 3. The molecule has 0 radical (unpaired) electrons. The Hall–Kier alpha value is -6.72. The number of aromatic amines is 1. The van der Waals surface area contributed by atoms with Gasteiger partial charge in [-0.2, -0.15) is 4.98 Å². The average Bonchev–Trinajstić information content (AvgIpc) is 4.00. The highest BCUT2D eigenvalue weighted by Gasteiger charge is 2.28. The van der Waals surface area contributed by atoms with E-state index in [1.54, 1.807) is 18.3 Å². The molecular formula is C48H56N12O5. The molecule has 7 heterocycles. The number of carbonyl (C=O) groups excluding carboxylic acids is 3. The lowest BCUT2D eigenvalue weighted by atomic mass is 9.95. The van der Waals surface area contributed by atoms with Crippen LogP contribution in [-0.4, -0.2) is 112 Å². The van der Waals surface area contributed by atoms with Crippen LogP contribution in [0.2, 0.25) is 0 Å². The van der Waals surface area contributed by atoms with Crippen LogP contribution in [0.15, 0.2) is 77.7 Å². The fourth-order valence-electron chi connectivity index (χ4n) is 9.03. The van der Waals surface area contributed by atoms with Gasteiger partial charge >= 0.3 is 17.8 Å². The van der Waals surface area contributed by atoms with Crippen LogP contribution in [0, 0.1) is 5.92 Å². The van der Waals surface area contributed by atoms with Crippen LogP contribution in [0.4, 0.5) is 21.9 Å². The van der Waals surface area contributed by atoms with Gasteiger partial charge in [-0.1, -0.05) is 38.1 Å². The number of methoxy groups -OCH3 is 1. The average molecular weight is 881 g/mol. The second-order valence-electron chi connectivity index (χ2n) is 18.3. The minimum absolute atomic E-state index is 0.0731. The summed E-state index contributed by atoms with van der Waals surface area (Å²) in [5.74, 6) is 0.397. The molecular weight excluding hydrogens is 825 g/mol. The van der Waals surface area contributed by atoms with Crippen LogP contribution < -0.4 is 25.3 Å². The molecule has 1 unspecified atom stereocenters. The van der Waals surface area contributed by atoms with Crippen molar-refractivity contribution in [2.75, 3.05) is 74.2 Å². The van der Waals surface area contributed by atoms with E-state index in [1.807, 2.05) is 64.2 Å². The van der Waals surface area contributed by atoms with Crippen molar-refractivity contribution in [3.05, 3.63) is 96.0 Å². The number of piperazine rings is 1. The quantitative estimate of drug-likeness (QED) is 0.121. The lowest BCUT2D eigenvalue weighted by Crippen LogP contribution is -2.49. The van der Waals surface area contributed by atoms with Crippen LogP contribution in [0.1, 0.15) is 80.6 Å².